The molecule has 2 N–H and O–H groups in total. The monoisotopic (exact) mass is 480 g/mol. The normalized spacial score (nSPS) is 15.9. The van der Waals surface area contributed by atoms with Crippen LogP contribution in [-0.2, 0) is 14.8 Å². The zero-order chi connectivity index (χ0) is 21.3. The number of imide groups is 1. The first kappa shape index (κ1) is 21.2. The zero-order valence-corrected chi connectivity index (χ0v) is 17.6. The lowest BCUT2D eigenvalue weighted by atomic mass is 10.0. The van der Waals surface area contributed by atoms with Gasteiger partial charge in [-0.1, -0.05) is 31.2 Å². The minimum Gasteiger partial charge on any atom is -0.480 e. The Bertz CT molecular complexity index is 1070. The lowest BCUT2D eigenvalue weighted by Gasteiger charge is -2.28. The molecule has 0 radical (unpaired) electrons. The quantitative estimate of drug-likeness (QED) is 0.585. The number of hydrogen-bond acceptors (Lipinski definition) is 5. The Morgan fingerprint density at radius 2 is 1.59 bits per heavy atom. The standard InChI is InChI=1S/C19H17BrN2O6S/c1-11(10-21-29(27,28)15-9-5-4-8-14(15)20)16(19(25)26)22-17(23)12-6-2-3-7-13(12)18(22)24/h2-9,11,16,21H,10H2,1H3,(H,25,26)/t11?,16-/m0/s1. The molecule has 0 bridgehead atoms. The van der Waals surface area contributed by atoms with Crippen molar-refractivity contribution in [2.24, 2.45) is 5.92 Å². The molecule has 1 heterocycles. The van der Waals surface area contributed by atoms with Crippen LogP contribution in [0.25, 0.3) is 0 Å². The Morgan fingerprint density at radius 1 is 1.07 bits per heavy atom. The van der Waals surface area contributed by atoms with Crippen molar-refractivity contribution in [3.63, 3.8) is 0 Å². The molecule has 0 saturated carbocycles. The first-order valence-corrected chi connectivity index (χ1v) is 10.9. The fourth-order valence-electron chi connectivity index (χ4n) is 3.16. The maximum absolute atomic E-state index is 12.6. The molecule has 152 valence electrons. The van der Waals surface area contributed by atoms with Crippen LogP contribution in [0, 0.1) is 5.92 Å². The second-order valence-corrected chi connectivity index (χ2v) is 9.16. The number of nitrogens with zero attached hydrogens (tertiary/aromatic N) is 1. The van der Waals surface area contributed by atoms with E-state index in [-0.39, 0.29) is 22.6 Å². The van der Waals surface area contributed by atoms with Crippen LogP contribution in [0.2, 0.25) is 0 Å². The molecule has 1 aliphatic rings. The summed E-state index contributed by atoms with van der Waals surface area (Å²) in [6.45, 7) is 1.18. The van der Waals surface area contributed by atoms with Crippen molar-refractivity contribution in [2.45, 2.75) is 17.9 Å². The number of carbonyl (C=O) groups excluding carboxylic acids is 2. The van der Waals surface area contributed by atoms with Crippen LogP contribution in [0.3, 0.4) is 0 Å². The molecule has 0 spiro atoms. The third-order valence-corrected chi connectivity index (χ3v) is 7.05. The fourth-order valence-corrected chi connectivity index (χ4v) is 5.31. The average Bonchev–Trinajstić information content (AvgIpc) is 2.92. The van der Waals surface area contributed by atoms with Gasteiger partial charge in [-0.05, 0) is 40.2 Å². The minimum atomic E-state index is -3.93. The molecule has 0 aromatic heterocycles. The number of carboxylic acid groups (broad SMARTS) is 1. The van der Waals surface area contributed by atoms with E-state index in [1.165, 1.54) is 25.1 Å². The Balaban J connectivity index is 1.82. The van der Waals surface area contributed by atoms with Crippen LogP contribution < -0.4 is 4.72 Å². The molecule has 3 rings (SSSR count). The maximum atomic E-state index is 12.6. The van der Waals surface area contributed by atoms with Gasteiger partial charge in [-0.25, -0.2) is 17.9 Å². The lowest BCUT2D eigenvalue weighted by molar-refractivity contribution is -0.143. The Kier molecular flexibility index (Phi) is 5.87. The van der Waals surface area contributed by atoms with E-state index < -0.39 is 39.8 Å². The van der Waals surface area contributed by atoms with Crippen LogP contribution >= 0.6 is 15.9 Å². The molecular formula is C19H17BrN2O6S. The SMILES string of the molecule is CC(CNS(=O)(=O)c1ccccc1Br)[C@@H](C(=O)O)N1C(=O)c2ccccc2C1=O. The van der Waals surface area contributed by atoms with E-state index in [0.717, 1.165) is 0 Å². The van der Waals surface area contributed by atoms with Gasteiger partial charge < -0.3 is 5.11 Å². The topological polar surface area (TPSA) is 121 Å². The van der Waals surface area contributed by atoms with E-state index in [9.17, 15) is 27.9 Å². The van der Waals surface area contributed by atoms with E-state index in [4.69, 9.17) is 0 Å². The summed E-state index contributed by atoms with van der Waals surface area (Å²) >= 11 is 3.17. The number of rotatable bonds is 7. The summed E-state index contributed by atoms with van der Waals surface area (Å²) in [5, 5.41) is 9.68. The molecule has 0 saturated heterocycles. The smallest absolute Gasteiger partial charge is 0.327 e. The summed E-state index contributed by atoms with van der Waals surface area (Å²) < 4.78 is 27.8. The first-order valence-electron chi connectivity index (χ1n) is 8.59. The molecule has 1 unspecified atom stereocenters. The first-order chi connectivity index (χ1) is 13.6. The van der Waals surface area contributed by atoms with Crippen molar-refractivity contribution in [1.82, 2.24) is 9.62 Å². The number of benzene rings is 2. The van der Waals surface area contributed by atoms with Gasteiger partial charge >= 0.3 is 5.97 Å². The average molecular weight is 481 g/mol. The molecule has 2 amide bonds. The number of nitrogens with one attached hydrogen (secondary N) is 1. The van der Waals surface area contributed by atoms with Crippen LogP contribution in [0.4, 0.5) is 0 Å². The predicted molar refractivity (Wildman–Crippen MR) is 107 cm³/mol. The highest BCUT2D eigenvalue weighted by Gasteiger charge is 2.45. The Hall–Kier alpha value is -2.56. The molecule has 2 aromatic rings. The summed E-state index contributed by atoms with van der Waals surface area (Å²) in [6, 6.07) is 10.7. The van der Waals surface area contributed by atoms with Crippen molar-refractivity contribution < 1.29 is 27.9 Å². The third-order valence-electron chi connectivity index (χ3n) is 4.62. The van der Waals surface area contributed by atoms with Gasteiger partial charge in [-0.3, -0.25) is 14.5 Å². The number of hydrogen-bond donors (Lipinski definition) is 2. The number of carbonyl (C=O) groups is 3. The van der Waals surface area contributed by atoms with Gasteiger partial charge in [-0.2, -0.15) is 0 Å². The predicted octanol–water partition coefficient (Wildman–Crippen LogP) is 2.11. The summed E-state index contributed by atoms with van der Waals surface area (Å²) in [4.78, 5) is 37.8. The number of carboxylic acids is 1. The molecule has 0 aliphatic carbocycles. The number of fused-ring (bicyclic) bond motifs is 1. The van der Waals surface area contributed by atoms with E-state index >= 15 is 0 Å². The highest BCUT2D eigenvalue weighted by atomic mass is 79.9. The van der Waals surface area contributed by atoms with Crippen molar-refractivity contribution in [1.29, 1.82) is 0 Å². The van der Waals surface area contributed by atoms with Crippen LogP contribution in [-0.4, -0.2) is 48.8 Å². The molecular weight excluding hydrogens is 464 g/mol. The molecule has 8 nitrogen and oxygen atoms in total. The zero-order valence-electron chi connectivity index (χ0n) is 15.2. The molecule has 29 heavy (non-hydrogen) atoms. The van der Waals surface area contributed by atoms with Crippen LogP contribution in [0.5, 0.6) is 0 Å². The van der Waals surface area contributed by atoms with Crippen LogP contribution in [0.15, 0.2) is 57.9 Å². The van der Waals surface area contributed by atoms with Gasteiger partial charge in [0.05, 0.1) is 16.0 Å². The third kappa shape index (κ3) is 3.96. The highest BCUT2D eigenvalue weighted by Crippen LogP contribution is 2.27. The van der Waals surface area contributed by atoms with Crippen molar-refractivity contribution in [3.8, 4) is 0 Å². The number of aliphatic carboxylic acids is 1. The van der Waals surface area contributed by atoms with Crippen molar-refractivity contribution in [2.75, 3.05) is 6.54 Å². The van der Waals surface area contributed by atoms with E-state index in [1.54, 1.807) is 30.3 Å². The Morgan fingerprint density at radius 3 is 2.10 bits per heavy atom. The van der Waals surface area contributed by atoms with Gasteiger partial charge in [0.25, 0.3) is 11.8 Å². The van der Waals surface area contributed by atoms with E-state index in [1.807, 2.05) is 0 Å². The minimum absolute atomic E-state index is 0.000180. The van der Waals surface area contributed by atoms with Gasteiger partial charge in [0.2, 0.25) is 10.0 Å². The second-order valence-electron chi connectivity index (χ2n) is 6.57. The lowest BCUT2D eigenvalue weighted by Crippen LogP contribution is -2.51. The summed E-state index contributed by atoms with van der Waals surface area (Å²) in [5.74, 6) is -3.70. The van der Waals surface area contributed by atoms with Gasteiger partial charge in [0.15, 0.2) is 0 Å². The van der Waals surface area contributed by atoms with Crippen LogP contribution in [0.1, 0.15) is 27.6 Å². The number of halogens is 1. The molecule has 0 fully saturated rings. The summed E-state index contributed by atoms with van der Waals surface area (Å²) in [6.07, 6.45) is 0. The molecule has 1 aliphatic heterocycles. The van der Waals surface area contributed by atoms with E-state index in [0.29, 0.717) is 9.37 Å². The second kappa shape index (κ2) is 8.05. The molecule has 10 heteroatoms. The maximum Gasteiger partial charge on any atom is 0.327 e. The largest absolute Gasteiger partial charge is 0.480 e. The van der Waals surface area contributed by atoms with Gasteiger partial charge in [-0.15, -0.1) is 0 Å². The number of amides is 2. The Labute approximate surface area is 175 Å². The summed E-state index contributed by atoms with van der Waals surface area (Å²) in [5.41, 5.74) is 0.259. The van der Waals surface area contributed by atoms with E-state index in [2.05, 4.69) is 20.7 Å². The van der Waals surface area contributed by atoms with Crippen molar-refractivity contribution in [3.05, 3.63) is 64.1 Å². The number of sulfonamides is 1. The molecule has 2 aromatic carbocycles. The van der Waals surface area contributed by atoms with Crippen molar-refractivity contribution >= 4 is 43.7 Å². The summed E-state index contributed by atoms with van der Waals surface area (Å²) in [7, 11) is -3.93. The molecule has 2 atom stereocenters. The highest BCUT2D eigenvalue weighted by molar-refractivity contribution is 9.10. The van der Waals surface area contributed by atoms with Gasteiger partial charge in [0, 0.05) is 16.9 Å². The van der Waals surface area contributed by atoms with Gasteiger partial charge in [0.1, 0.15) is 6.04 Å². The fraction of sp³-hybridized carbons (Fsp3) is 0.211.